The van der Waals surface area contributed by atoms with Crippen LogP contribution in [0.1, 0.15) is 16.7 Å². The van der Waals surface area contributed by atoms with Crippen molar-refractivity contribution in [3.05, 3.63) is 89.5 Å². The van der Waals surface area contributed by atoms with E-state index in [0.717, 1.165) is 21.6 Å². The number of rotatable bonds is 10. The first-order chi connectivity index (χ1) is 16.6. The van der Waals surface area contributed by atoms with Crippen LogP contribution in [0, 0.1) is 13.8 Å². The number of quaternary nitrogens is 1. The Balaban J connectivity index is 1.65. The Bertz CT molecular complexity index is 1190. The van der Waals surface area contributed by atoms with Crippen molar-refractivity contribution < 1.29 is 22.9 Å². The minimum Gasteiger partial charge on any atom is -0.321 e. The van der Waals surface area contributed by atoms with Gasteiger partial charge in [-0.3, -0.25) is 9.59 Å². The van der Waals surface area contributed by atoms with Crippen molar-refractivity contribution in [1.29, 1.82) is 0 Å². The summed E-state index contributed by atoms with van der Waals surface area (Å²) in [6, 6.07) is 21.3. The lowest BCUT2D eigenvalue weighted by Crippen LogP contribution is -3.14. The fraction of sp³-hybridized carbons (Fsp3) is 0.231. The molecule has 0 bridgehead atoms. The third-order valence-corrected chi connectivity index (χ3v) is 6.44. The number of carbonyl (C=O) groups excluding carboxylic acids is 2. The van der Waals surface area contributed by atoms with Gasteiger partial charge in [-0.05, 0) is 55.8 Å². The van der Waals surface area contributed by atoms with Gasteiger partial charge in [0.2, 0.25) is 10.0 Å². The van der Waals surface area contributed by atoms with Crippen molar-refractivity contribution in [2.24, 2.45) is 5.14 Å². The second kappa shape index (κ2) is 11.7. The molecule has 8 nitrogen and oxygen atoms in total. The summed E-state index contributed by atoms with van der Waals surface area (Å²) in [6.07, 6.45) is 0.551. The standard InChI is InChI=1S/C26H30N4O4S/c1-19-3-9-22(10-4-19)28-25(31)17-30(18-26(32)29-23-11-5-20(2)6-12-23)16-15-21-7-13-24(14-8-21)35(27,33)34/h3-14H,15-18H2,1-2H3,(H,28,31)(H,29,32)(H2,27,33,34)/p+1. The van der Waals surface area contributed by atoms with Gasteiger partial charge in [0, 0.05) is 17.8 Å². The number of benzene rings is 3. The Morgan fingerprint density at radius 1 is 0.743 bits per heavy atom. The highest BCUT2D eigenvalue weighted by Gasteiger charge is 2.19. The van der Waals surface area contributed by atoms with Crippen molar-refractivity contribution in [3.8, 4) is 0 Å². The normalized spacial score (nSPS) is 11.3. The first-order valence-corrected chi connectivity index (χ1v) is 12.8. The van der Waals surface area contributed by atoms with Crippen LogP contribution in [-0.4, -0.2) is 39.9 Å². The Morgan fingerprint density at radius 3 is 1.57 bits per heavy atom. The molecule has 0 atom stereocenters. The van der Waals surface area contributed by atoms with Crippen molar-refractivity contribution >= 4 is 33.2 Å². The lowest BCUT2D eigenvalue weighted by Gasteiger charge is -2.19. The fourth-order valence-corrected chi connectivity index (χ4v) is 4.06. The zero-order valence-corrected chi connectivity index (χ0v) is 20.7. The molecule has 0 aromatic heterocycles. The van der Waals surface area contributed by atoms with E-state index >= 15 is 0 Å². The Kier molecular flexibility index (Phi) is 8.75. The lowest BCUT2D eigenvalue weighted by molar-refractivity contribution is -0.883. The number of amides is 2. The summed E-state index contributed by atoms with van der Waals surface area (Å²) in [5.41, 5.74) is 4.46. The average molecular weight is 496 g/mol. The molecule has 3 rings (SSSR count). The van der Waals surface area contributed by atoms with Gasteiger partial charge in [0.1, 0.15) is 0 Å². The summed E-state index contributed by atoms with van der Waals surface area (Å²) in [5, 5.41) is 10.9. The summed E-state index contributed by atoms with van der Waals surface area (Å²) >= 11 is 0. The lowest BCUT2D eigenvalue weighted by atomic mass is 10.1. The van der Waals surface area contributed by atoms with Crippen LogP contribution in [0.4, 0.5) is 11.4 Å². The molecule has 0 aliphatic rings. The van der Waals surface area contributed by atoms with Crippen LogP contribution in [0.15, 0.2) is 77.7 Å². The maximum Gasteiger partial charge on any atom is 0.279 e. The number of hydrogen-bond acceptors (Lipinski definition) is 4. The van der Waals surface area contributed by atoms with Gasteiger partial charge in [-0.1, -0.05) is 47.5 Å². The topological polar surface area (TPSA) is 123 Å². The summed E-state index contributed by atoms with van der Waals surface area (Å²) in [7, 11) is -3.76. The third-order valence-electron chi connectivity index (χ3n) is 5.51. The van der Waals surface area contributed by atoms with Gasteiger partial charge in [0.25, 0.3) is 11.8 Å². The van der Waals surface area contributed by atoms with E-state index in [-0.39, 0.29) is 29.8 Å². The molecule has 0 spiro atoms. The molecule has 2 amide bonds. The summed E-state index contributed by atoms with van der Waals surface area (Å²) in [4.78, 5) is 26.2. The first kappa shape index (κ1) is 26.1. The van der Waals surface area contributed by atoms with Gasteiger partial charge in [-0.25, -0.2) is 13.6 Å². The van der Waals surface area contributed by atoms with E-state index in [0.29, 0.717) is 24.3 Å². The molecule has 0 aliphatic heterocycles. The average Bonchev–Trinajstić information content (AvgIpc) is 2.80. The van der Waals surface area contributed by atoms with Gasteiger partial charge in [-0.15, -0.1) is 0 Å². The maximum absolute atomic E-state index is 12.7. The van der Waals surface area contributed by atoms with Gasteiger partial charge in [0.05, 0.1) is 11.4 Å². The summed E-state index contributed by atoms with van der Waals surface area (Å²) < 4.78 is 22.9. The van der Waals surface area contributed by atoms with Crippen LogP contribution in [0.3, 0.4) is 0 Å². The van der Waals surface area contributed by atoms with E-state index in [1.54, 1.807) is 12.1 Å². The molecule has 3 aromatic carbocycles. The zero-order valence-electron chi connectivity index (χ0n) is 19.9. The number of primary sulfonamides is 1. The summed E-state index contributed by atoms with van der Waals surface area (Å²) in [6.45, 7) is 4.64. The minimum absolute atomic E-state index is 0.0420. The number of carbonyl (C=O) groups is 2. The molecule has 5 N–H and O–H groups in total. The van der Waals surface area contributed by atoms with Gasteiger partial charge >= 0.3 is 0 Å². The fourth-order valence-electron chi connectivity index (χ4n) is 3.54. The van der Waals surface area contributed by atoms with Crippen LogP contribution in [-0.2, 0) is 26.0 Å². The Labute approximate surface area is 206 Å². The van der Waals surface area contributed by atoms with Crippen LogP contribution in [0.25, 0.3) is 0 Å². The number of aryl methyl sites for hydroxylation is 2. The first-order valence-electron chi connectivity index (χ1n) is 11.3. The van der Waals surface area contributed by atoms with Crippen molar-refractivity contribution in [2.75, 3.05) is 30.3 Å². The van der Waals surface area contributed by atoms with Crippen molar-refractivity contribution in [1.82, 2.24) is 0 Å². The number of hydrogen-bond donors (Lipinski definition) is 4. The molecule has 0 fully saturated rings. The molecular formula is C26H31N4O4S+. The summed E-state index contributed by atoms with van der Waals surface area (Å²) in [5.74, 6) is -0.395. The largest absolute Gasteiger partial charge is 0.321 e. The maximum atomic E-state index is 12.7. The molecule has 9 heteroatoms. The molecule has 0 saturated carbocycles. The molecule has 0 aliphatic carbocycles. The highest BCUT2D eigenvalue weighted by atomic mass is 32.2. The highest BCUT2D eigenvalue weighted by Crippen LogP contribution is 2.10. The molecule has 0 saturated heterocycles. The Morgan fingerprint density at radius 2 is 1.17 bits per heavy atom. The quantitative estimate of drug-likeness (QED) is 0.342. The number of nitrogens with one attached hydrogen (secondary N) is 3. The van der Waals surface area contributed by atoms with E-state index < -0.39 is 10.0 Å². The smallest absolute Gasteiger partial charge is 0.279 e. The van der Waals surface area contributed by atoms with Crippen molar-refractivity contribution in [2.45, 2.75) is 25.2 Å². The number of nitrogens with two attached hydrogens (primary N) is 1. The van der Waals surface area contributed by atoms with E-state index in [1.807, 2.05) is 62.4 Å². The molecular weight excluding hydrogens is 464 g/mol. The molecule has 35 heavy (non-hydrogen) atoms. The van der Waals surface area contributed by atoms with Crippen molar-refractivity contribution in [3.63, 3.8) is 0 Å². The van der Waals surface area contributed by atoms with E-state index in [1.165, 1.54) is 12.1 Å². The Hall–Kier alpha value is -3.53. The van der Waals surface area contributed by atoms with E-state index in [9.17, 15) is 18.0 Å². The molecule has 0 heterocycles. The second-order valence-electron chi connectivity index (χ2n) is 8.62. The number of sulfonamides is 1. The number of anilines is 2. The predicted octanol–water partition coefficient (Wildman–Crippen LogP) is 1.66. The molecule has 3 aromatic rings. The molecule has 0 unspecified atom stereocenters. The van der Waals surface area contributed by atoms with Gasteiger partial charge in [0.15, 0.2) is 13.1 Å². The zero-order chi connectivity index (χ0) is 25.4. The highest BCUT2D eigenvalue weighted by molar-refractivity contribution is 7.89. The second-order valence-corrected chi connectivity index (χ2v) is 10.2. The monoisotopic (exact) mass is 495 g/mol. The third kappa shape index (κ3) is 8.64. The van der Waals surface area contributed by atoms with Crippen LogP contribution >= 0.6 is 0 Å². The van der Waals surface area contributed by atoms with Crippen LogP contribution in [0.2, 0.25) is 0 Å². The SMILES string of the molecule is Cc1ccc(NC(=O)C[NH+](CCc2ccc(S(N)(=O)=O)cc2)CC(=O)Nc2ccc(C)cc2)cc1. The van der Waals surface area contributed by atoms with Crippen LogP contribution in [0.5, 0.6) is 0 Å². The molecule has 0 radical (unpaired) electrons. The molecule has 184 valence electrons. The van der Waals surface area contributed by atoms with Crippen LogP contribution < -0.4 is 20.7 Å². The van der Waals surface area contributed by atoms with E-state index in [4.69, 9.17) is 5.14 Å². The minimum atomic E-state index is -3.76. The van der Waals surface area contributed by atoms with E-state index in [2.05, 4.69) is 10.6 Å². The predicted molar refractivity (Wildman–Crippen MR) is 137 cm³/mol. The van der Waals surface area contributed by atoms with Gasteiger partial charge in [-0.2, -0.15) is 0 Å². The van der Waals surface area contributed by atoms with Gasteiger partial charge < -0.3 is 15.5 Å².